The number of rotatable bonds is 8. The quantitative estimate of drug-likeness (QED) is 0.463. The third-order valence-electron chi connectivity index (χ3n) is 3.98. The van der Waals surface area contributed by atoms with Crippen LogP contribution >= 0.6 is 0 Å². The zero-order valence-electron chi connectivity index (χ0n) is 14.5. The van der Waals surface area contributed by atoms with Crippen LogP contribution < -0.4 is 9.13 Å². The highest BCUT2D eigenvalue weighted by Crippen LogP contribution is 2.05. The molecule has 3 rings (SSSR count). The molecule has 0 bridgehead atoms. The molecule has 126 valence electrons. The van der Waals surface area contributed by atoms with Crippen molar-refractivity contribution in [1.29, 1.82) is 0 Å². The summed E-state index contributed by atoms with van der Waals surface area (Å²) in [4.78, 5) is 4.74. The van der Waals surface area contributed by atoms with Gasteiger partial charge in [0, 0.05) is 18.9 Å². The number of aryl methyl sites for hydroxylation is 2. The third kappa shape index (κ3) is 3.91. The number of nitrogens with zero attached hydrogens (tertiary/aromatic N) is 5. The first-order valence-corrected chi connectivity index (χ1v) is 8.78. The van der Waals surface area contributed by atoms with E-state index < -0.39 is 0 Å². The number of pyridine rings is 1. The maximum absolute atomic E-state index is 4.74. The molecule has 3 heterocycles. The van der Waals surface area contributed by atoms with Crippen molar-refractivity contribution in [2.45, 2.75) is 52.6 Å². The standard InChI is InChI=1S/C19H25N5/c1-3-5-10-21-12-14-23(16-21)18-8-7-9-19(20-18)24-15-13-22(17-24)11-6-4-2/h7-9,12-15H,3-6,10-11H2,1-2H3. The number of unbranched alkanes of at least 4 members (excludes halogenated alkanes) is 2. The molecule has 0 aliphatic heterocycles. The lowest BCUT2D eigenvalue weighted by molar-refractivity contribution is -0.700. The molecule has 3 aromatic heterocycles. The minimum absolute atomic E-state index is 0.866. The van der Waals surface area contributed by atoms with E-state index in [0.29, 0.717) is 0 Å². The Kier molecular flexibility index (Phi) is 5.41. The third-order valence-corrected chi connectivity index (χ3v) is 3.98. The minimum atomic E-state index is 0.866. The van der Waals surface area contributed by atoms with Crippen molar-refractivity contribution in [3.05, 3.63) is 55.6 Å². The van der Waals surface area contributed by atoms with Crippen LogP contribution in [0.5, 0.6) is 0 Å². The molecule has 0 fully saturated rings. The minimum Gasteiger partial charge on any atom is -0.354 e. The molecule has 0 amide bonds. The summed E-state index contributed by atoms with van der Waals surface area (Å²) < 4.78 is 8.04. The van der Waals surface area contributed by atoms with Gasteiger partial charge < -0.3 is 13.7 Å². The average molecular weight is 323 g/mol. The fourth-order valence-electron chi connectivity index (χ4n) is 2.55. The Hall–Kier alpha value is -2.43. The van der Waals surface area contributed by atoms with E-state index in [1.165, 1.54) is 12.8 Å². The fraction of sp³-hybridized carbons (Fsp3) is 0.421. The lowest BCUT2D eigenvalue weighted by atomic mass is 10.3. The highest BCUT2D eigenvalue weighted by molar-refractivity contribution is 5.26. The van der Waals surface area contributed by atoms with Gasteiger partial charge in [-0.25, -0.2) is 0 Å². The van der Waals surface area contributed by atoms with Crippen LogP contribution in [0.3, 0.4) is 0 Å². The van der Waals surface area contributed by atoms with E-state index in [4.69, 9.17) is 4.98 Å². The second-order valence-electron chi connectivity index (χ2n) is 5.98. The van der Waals surface area contributed by atoms with Crippen molar-refractivity contribution in [3.63, 3.8) is 0 Å². The molecule has 0 N–H and O–H groups in total. The van der Waals surface area contributed by atoms with Gasteiger partial charge in [0.25, 0.3) is 0 Å². The highest BCUT2D eigenvalue weighted by atomic mass is 15.2. The van der Waals surface area contributed by atoms with Gasteiger partial charge in [-0.3, -0.25) is 4.57 Å². The van der Waals surface area contributed by atoms with Crippen LogP contribution in [-0.2, 0) is 13.1 Å². The monoisotopic (exact) mass is 323 g/mol. The van der Waals surface area contributed by atoms with Gasteiger partial charge in [0.1, 0.15) is 0 Å². The second-order valence-corrected chi connectivity index (χ2v) is 5.98. The van der Waals surface area contributed by atoms with Crippen molar-refractivity contribution in [1.82, 2.24) is 14.1 Å². The van der Waals surface area contributed by atoms with E-state index in [-0.39, 0.29) is 0 Å². The first-order valence-electron chi connectivity index (χ1n) is 8.78. The Morgan fingerprint density at radius 2 is 1.92 bits per heavy atom. The normalized spacial score (nSPS) is 11.1. The van der Waals surface area contributed by atoms with Gasteiger partial charge in [0.05, 0.1) is 6.54 Å². The molecule has 5 nitrogen and oxygen atoms in total. The highest BCUT2D eigenvalue weighted by Gasteiger charge is 2.06. The molecular weight excluding hydrogens is 298 g/mol. The van der Waals surface area contributed by atoms with Crippen molar-refractivity contribution >= 4 is 0 Å². The fourth-order valence-corrected chi connectivity index (χ4v) is 2.55. The van der Waals surface area contributed by atoms with E-state index in [1.807, 2.05) is 52.1 Å². The summed E-state index contributed by atoms with van der Waals surface area (Å²) in [5.41, 5.74) is 0. The summed E-state index contributed by atoms with van der Waals surface area (Å²) in [5.74, 6) is 1.73. The molecule has 5 heteroatoms. The Balaban J connectivity index is 1.78. The molecule has 3 aromatic rings. The maximum Gasteiger partial charge on any atom is 0.245 e. The molecule has 0 saturated carbocycles. The first kappa shape index (κ1) is 16.4. The zero-order valence-corrected chi connectivity index (χ0v) is 14.5. The number of imidazole rings is 2. The van der Waals surface area contributed by atoms with Crippen LogP contribution in [0.15, 0.2) is 43.0 Å². The SMILES string of the molecule is CCCCn1[c-][n+](-c2cccc(-n3[c-][n+](CCCC)cc3)n2)cc1. The van der Waals surface area contributed by atoms with Crippen molar-refractivity contribution in [2.75, 3.05) is 0 Å². The van der Waals surface area contributed by atoms with Crippen LogP contribution in [0.4, 0.5) is 0 Å². The van der Waals surface area contributed by atoms with Gasteiger partial charge >= 0.3 is 0 Å². The molecule has 0 atom stereocenters. The van der Waals surface area contributed by atoms with Crippen molar-refractivity contribution in [2.24, 2.45) is 0 Å². The molecule has 0 aliphatic carbocycles. The summed E-state index contributed by atoms with van der Waals surface area (Å²) in [5, 5.41) is 0. The van der Waals surface area contributed by atoms with Crippen LogP contribution in [0.25, 0.3) is 11.6 Å². The van der Waals surface area contributed by atoms with Gasteiger partial charge in [0.2, 0.25) is 12.1 Å². The van der Waals surface area contributed by atoms with E-state index in [2.05, 4.69) is 35.6 Å². The summed E-state index contributed by atoms with van der Waals surface area (Å²) in [6.07, 6.45) is 19.4. The van der Waals surface area contributed by atoms with E-state index >= 15 is 0 Å². The van der Waals surface area contributed by atoms with E-state index in [9.17, 15) is 0 Å². The predicted molar refractivity (Wildman–Crippen MR) is 90.8 cm³/mol. The van der Waals surface area contributed by atoms with Crippen LogP contribution in [0.2, 0.25) is 0 Å². The number of hydrogen-bond donors (Lipinski definition) is 0. The Morgan fingerprint density at radius 1 is 1.04 bits per heavy atom. The van der Waals surface area contributed by atoms with Gasteiger partial charge in [-0.1, -0.05) is 32.8 Å². The molecule has 0 saturated heterocycles. The summed E-state index contributed by atoms with van der Waals surface area (Å²) in [7, 11) is 0. The maximum atomic E-state index is 4.74. The molecule has 0 spiro atoms. The molecule has 0 radical (unpaired) electrons. The van der Waals surface area contributed by atoms with Gasteiger partial charge in [-0.05, 0) is 37.4 Å². The molecule has 24 heavy (non-hydrogen) atoms. The Bertz CT molecular complexity index is 710. The van der Waals surface area contributed by atoms with Crippen LogP contribution in [-0.4, -0.2) is 14.1 Å². The first-order chi connectivity index (χ1) is 11.8. The van der Waals surface area contributed by atoms with E-state index in [1.54, 1.807) is 0 Å². The second kappa shape index (κ2) is 7.90. The summed E-state index contributed by atoms with van der Waals surface area (Å²) >= 11 is 0. The predicted octanol–water partition coefficient (Wildman–Crippen LogP) is 2.44. The Labute approximate surface area is 143 Å². The van der Waals surface area contributed by atoms with Crippen LogP contribution in [0.1, 0.15) is 39.5 Å². The average Bonchev–Trinajstić information content (AvgIpc) is 3.28. The van der Waals surface area contributed by atoms with Crippen molar-refractivity contribution < 1.29 is 9.13 Å². The van der Waals surface area contributed by atoms with Gasteiger partial charge in [-0.15, -0.1) is 0 Å². The summed E-state index contributed by atoms with van der Waals surface area (Å²) in [6, 6.07) is 6.02. The molecule has 0 aromatic carbocycles. The molecular formula is C19H25N5. The van der Waals surface area contributed by atoms with Crippen LogP contribution in [0, 0.1) is 12.7 Å². The number of hydrogen-bond acceptors (Lipinski definition) is 1. The Morgan fingerprint density at radius 3 is 2.75 bits per heavy atom. The lowest BCUT2D eigenvalue weighted by Crippen LogP contribution is -2.32. The van der Waals surface area contributed by atoms with Gasteiger partial charge in [-0.2, -0.15) is 4.98 Å². The molecule has 0 aliphatic rings. The smallest absolute Gasteiger partial charge is 0.245 e. The zero-order chi connectivity index (χ0) is 16.8. The van der Waals surface area contributed by atoms with Gasteiger partial charge in [0.15, 0.2) is 12.1 Å². The summed E-state index contributed by atoms with van der Waals surface area (Å²) in [6.45, 7) is 6.38. The lowest BCUT2D eigenvalue weighted by Gasteiger charge is -2.04. The largest absolute Gasteiger partial charge is 0.354 e. The number of aromatic nitrogens is 5. The molecule has 0 unspecified atom stereocenters. The van der Waals surface area contributed by atoms with E-state index in [0.717, 1.165) is 37.6 Å². The topological polar surface area (TPSA) is 30.5 Å². The van der Waals surface area contributed by atoms with Crippen molar-refractivity contribution in [3.8, 4) is 11.6 Å².